The Balaban J connectivity index is 1.24. The number of anilines is 3. The number of nitrogens with zero attached hydrogens (tertiary/aromatic N) is 5. The number of pyridine rings is 1. The Kier molecular flexibility index (Phi) is 5.19. The van der Waals surface area contributed by atoms with Crippen LogP contribution in [0.25, 0.3) is 11.3 Å². The van der Waals surface area contributed by atoms with E-state index in [1.807, 2.05) is 24.4 Å². The van der Waals surface area contributed by atoms with E-state index in [2.05, 4.69) is 54.3 Å². The fourth-order valence-electron chi connectivity index (χ4n) is 5.20. The minimum Gasteiger partial charge on any atom is -0.507 e. The van der Waals surface area contributed by atoms with Gasteiger partial charge in [0.05, 0.1) is 11.4 Å². The number of phenolic OH excluding ortho intramolecular Hbond substituents is 1. The van der Waals surface area contributed by atoms with Gasteiger partial charge in [0.1, 0.15) is 11.4 Å². The van der Waals surface area contributed by atoms with Gasteiger partial charge in [0, 0.05) is 61.6 Å². The average molecular weight is 454 g/mol. The van der Waals surface area contributed by atoms with Gasteiger partial charge in [-0.3, -0.25) is 0 Å². The molecule has 4 N–H and O–H groups in total. The highest BCUT2D eigenvalue weighted by atomic mass is 16.3. The highest BCUT2D eigenvalue weighted by Gasteiger charge is 2.40. The molecule has 2 bridgehead atoms. The van der Waals surface area contributed by atoms with Gasteiger partial charge in [0.25, 0.3) is 0 Å². The fraction of sp³-hybridized carbons (Fsp3) is 0.346. The molecule has 2 atom stereocenters. The number of piperazine rings is 1. The Morgan fingerprint density at radius 3 is 2.56 bits per heavy atom. The molecule has 1 aromatic carbocycles. The lowest BCUT2D eigenvalue weighted by atomic mass is 10.0. The van der Waals surface area contributed by atoms with Gasteiger partial charge in [0.2, 0.25) is 0 Å². The summed E-state index contributed by atoms with van der Waals surface area (Å²) < 4.78 is 0. The van der Waals surface area contributed by atoms with E-state index in [-0.39, 0.29) is 5.75 Å². The number of nitrogens with one attached hydrogen (secondary N) is 1. The largest absolute Gasteiger partial charge is 0.507 e. The minimum atomic E-state index is 0.183. The van der Waals surface area contributed by atoms with Gasteiger partial charge < -0.3 is 26.0 Å². The molecule has 8 heteroatoms. The molecule has 172 valence electrons. The molecule has 3 aliphatic heterocycles. The summed E-state index contributed by atoms with van der Waals surface area (Å²) in [5, 5.41) is 22.0. The van der Waals surface area contributed by atoms with Crippen molar-refractivity contribution in [2.75, 3.05) is 41.7 Å². The predicted molar refractivity (Wildman–Crippen MR) is 133 cm³/mol. The van der Waals surface area contributed by atoms with Crippen molar-refractivity contribution in [2.45, 2.75) is 24.9 Å². The summed E-state index contributed by atoms with van der Waals surface area (Å²) in [5.41, 5.74) is 10.4. The Labute approximate surface area is 198 Å². The smallest absolute Gasteiger partial charge is 0.169 e. The molecule has 3 fully saturated rings. The van der Waals surface area contributed by atoms with E-state index in [1.165, 1.54) is 5.69 Å². The average Bonchev–Trinajstić information content (AvgIpc) is 3.08. The van der Waals surface area contributed by atoms with E-state index in [1.54, 1.807) is 12.1 Å². The van der Waals surface area contributed by atoms with Gasteiger partial charge in [-0.1, -0.05) is 18.1 Å². The lowest BCUT2D eigenvalue weighted by Crippen LogP contribution is -2.54. The SMILES string of the molecule is Nc1nnc(-c2ccccc2O)cc1N1CC2CCC(C1)N2c1ccnc(C#CC2CNC2)c1. The molecule has 3 saturated heterocycles. The Morgan fingerprint density at radius 2 is 1.82 bits per heavy atom. The number of para-hydroxylation sites is 1. The molecule has 0 amide bonds. The number of benzene rings is 1. The summed E-state index contributed by atoms with van der Waals surface area (Å²) in [4.78, 5) is 9.32. The van der Waals surface area contributed by atoms with Crippen LogP contribution in [0.3, 0.4) is 0 Å². The molecular formula is C26H27N7O. The van der Waals surface area contributed by atoms with E-state index in [0.29, 0.717) is 35.1 Å². The van der Waals surface area contributed by atoms with Crippen molar-refractivity contribution in [1.29, 1.82) is 0 Å². The molecule has 8 nitrogen and oxygen atoms in total. The van der Waals surface area contributed by atoms with E-state index in [4.69, 9.17) is 5.73 Å². The first kappa shape index (κ1) is 20.8. The molecule has 34 heavy (non-hydrogen) atoms. The molecule has 6 rings (SSSR count). The van der Waals surface area contributed by atoms with Crippen LogP contribution in [0.5, 0.6) is 5.75 Å². The monoisotopic (exact) mass is 453 g/mol. The number of hydrogen-bond acceptors (Lipinski definition) is 8. The fourth-order valence-corrected chi connectivity index (χ4v) is 5.20. The van der Waals surface area contributed by atoms with Crippen molar-refractivity contribution in [1.82, 2.24) is 20.5 Å². The molecule has 5 heterocycles. The Hall–Kier alpha value is -3.83. The van der Waals surface area contributed by atoms with E-state index in [0.717, 1.165) is 50.4 Å². The predicted octanol–water partition coefficient (Wildman–Crippen LogP) is 2.25. The molecule has 0 spiro atoms. The van der Waals surface area contributed by atoms with Gasteiger partial charge in [-0.05, 0) is 49.1 Å². The van der Waals surface area contributed by atoms with Crippen molar-refractivity contribution in [3.63, 3.8) is 0 Å². The molecule has 0 saturated carbocycles. The normalized spacial score (nSPS) is 21.6. The number of rotatable bonds is 3. The van der Waals surface area contributed by atoms with Crippen LogP contribution in [0.4, 0.5) is 17.2 Å². The maximum absolute atomic E-state index is 10.3. The molecule has 0 aliphatic carbocycles. The van der Waals surface area contributed by atoms with Crippen molar-refractivity contribution < 1.29 is 5.11 Å². The summed E-state index contributed by atoms with van der Waals surface area (Å²) in [7, 11) is 0. The maximum Gasteiger partial charge on any atom is 0.169 e. The second kappa shape index (κ2) is 8.50. The molecular weight excluding hydrogens is 426 g/mol. The van der Waals surface area contributed by atoms with Crippen LogP contribution in [0.15, 0.2) is 48.7 Å². The number of aromatic nitrogens is 3. The lowest BCUT2D eigenvalue weighted by Gasteiger charge is -2.43. The summed E-state index contributed by atoms with van der Waals surface area (Å²) in [6.07, 6.45) is 4.12. The second-order valence-electron chi connectivity index (χ2n) is 9.24. The van der Waals surface area contributed by atoms with Crippen LogP contribution < -0.4 is 20.9 Å². The van der Waals surface area contributed by atoms with Gasteiger partial charge in [-0.2, -0.15) is 0 Å². The molecule has 2 aromatic heterocycles. The first-order valence-corrected chi connectivity index (χ1v) is 11.8. The highest BCUT2D eigenvalue weighted by molar-refractivity contribution is 5.74. The third-order valence-electron chi connectivity index (χ3n) is 7.03. The van der Waals surface area contributed by atoms with Gasteiger partial charge >= 0.3 is 0 Å². The zero-order chi connectivity index (χ0) is 23.1. The Bertz CT molecular complexity index is 1270. The van der Waals surface area contributed by atoms with Crippen LogP contribution in [0.2, 0.25) is 0 Å². The molecule has 0 radical (unpaired) electrons. The van der Waals surface area contributed by atoms with E-state index < -0.39 is 0 Å². The summed E-state index contributed by atoms with van der Waals surface area (Å²) in [6.45, 7) is 3.64. The first-order chi connectivity index (χ1) is 16.7. The summed E-state index contributed by atoms with van der Waals surface area (Å²) in [5.74, 6) is 7.60. The topological polar surface area (TPSA) is 103 Å². The quantitative estimate of drug-likeness (QED) is 0.519. The van der Waals surface area contributed by atoms with Crippen LogP contribution in [-0.2, 0) is 0 Å². The van der Waals surface area contributed by atoms with Gasteiger partial charge in [-0.25, -0.2) is 4.98 Å². The Morgan fingerprint density at radius 1 is 1.03 bits per heavy atom. The molecule has 3 aromatic rings. The minimum absolute atomic E-state index is 0.183. The second-order valence-corrected chi connectivity index (χ2v) is 9.24. The number of phenols is 1. The van der Waals surface area contributed by atoms with Crippen molar-refractivity contribution >= 4 is 17.2 Å². The van der Waals surface area contributed by atoms with Crippen LogP contribution in [0.1, 0.15) is 18.5 Å². The third-order valence-corrected chi connectivity index (χ3v) is 7.03. The standard InChI is InChI=1S/C26H27N7O/c27-26-24(12-23(30-31-26)22-3-1-2-4-25(22)34)32-15-20-7-8-21(16-32)33(20)19-9-10-29-18(11-19)6-5-17-13-28-14-17/h1-4,9-12,17,20-21,28,34H,7-8,13-16H2,(H2,27,31). The maximum atomic E-state index is 10.3. The van der Waals surface area contributed by atoms with Crippen LogP contribution in [-0.4, -0.2) is 58.6 Å². The van der Waals surface area contributed by atoms with E-state index >= 15 is 0 Å². The van der Waals surface area contributed by atoms with Gasteiger partial charge in [-0.15, -0.1) is 10.2 Å². The number of hydrogen-bond donors (Lipinski definition) is 3. The summed E-state index contributed by atoms with van der Waals surface area (Å²) in [6, 6.07) is 14.1. The first-order valence-electron chi connectivity index (χ1n) is 11.8. The zero-order valence-corrected chi connectivity index (χ0v) is 18.9. The van der Waals surface area contributed by atoms with E-state index in [9.17, 15) is 5.11 Å². The molecule has 2 unspecified atom stereocenters. The number of nitrogen functional groups attached to an aromatic ring is 1. The zero-order valence-electron chi connectivity index (χ0n) is 18.9. The van der Waals surface area contributed by atoms with Crippen LogP contribution in [0, 0.1) is 17.8 Å². The lowest BCUT2D eigenvalue weighted by molar-refractivity contribution is 0.432. The number of fused-ring (bicyclic) bond motifs is 2. The van der Waals surface area contributed by atoms with Crippen molar-refractivity contribution in [2.24, 2.45) is 5.92 Å². The van der Waals surface area contributed by atoms with Crippen LogP contribution >= 0.6 is 0 Å². The third kappa shape index (κ3) is 3.78. The highest BCUT2D eigenvalue weighted by Crippen LogP contribution is 2.38. The summed E-state index contributed by atoms with van der Waals surface area (Å²) >= 11 is 0. The van der Waals surface area contributed by atoms with Crippen molar-refractivity contribution in [3.8, 4) is 28.8 Å². The molecule has 3 aliphatic rings. The number of aromatic hydroxyl groups is 1. The number of nitrogens with two attached hydrogens (primary N) is 1. The van der Waals surface area contributed by atoms with Gasteiger partial charge in [0.15, 0.2) is 5.82 Å². The van der Waals surface area contributed by atoms with Crippen molar-refractivity contribution in [3.05, 3.63) is 54.4 Å².